The van der Waals surface area contributed by atoms with Crippen molar-refractivity contribution in [3.63, 3.8) is 0 Å². The fourth-order valence-electron chi connectivity index (χ4n) is 1.55. The number of nitrogens with two attached hydrogens (primary N) is 1. The van der Waals surface area contributed by atoms with Crippen molar-refractivity contribution in [2.45, 2.75) is 26.6 Å². The van der Waals surface area contributed by atoms with Gasteiger partial charge in [-0.15, -0.1) is 0 Å². The summed E-state index contributed by atoms with van der Waals surface area (Å²) in [7, 11) is 1.35. The van der Waals surface area contributed by atoms with Gasteiger partial charge < -0.3 is 10.6 Å². The summed E-state index contributed by atoms with van der Waals surface area (Å²) in [5.74, 6) is 0.317. The lowest BCUT2D eigenvalue weighted by Gasteiger charge is -2.22. The first-order valence-electron chi connectivity index (χ1n) is 4.87. The van der Waals surface area contributed by atoms with Crippen molar-refractivity contribution in [3.8, 4) is 0 Å². The van der Waals surface area contributed by atoms with E-state index in [1.54, 1.807) is 13.8 Å². The van der Waals surface area contributed by atoms with Gasteiger partial charge in [-0.25, -0.2) is 4.68 Å². The number of hydrogen-bond donors (Lipinski definition) is 1. The average molecular weight is 236 g/mol. The molecular weight excluding hydrogens is 221 g/mol. The Hall–Kier alpha value is -1.40. The molecule has 0 spiro atoms. The summed E-state index contributed by atoms with van der Waals surface area (Å²) in [5.41, 5.74) is 6.55. The first kappa shape index (κ1) is 12.7. The van der Waals surface area contributed by atoms with Gasteiger partial charge in [0.2, 0.25) is 0 Å². The van der Waals surface area contributed by atoms with Crippen molar-refractivity contribution in [1.82, 2.24) is 9.78 Å². The Bertz CT molecular complexity index is 370. The van der Waals surface area contributed by atoms with Gasteiger partial charge in [-0.1, -0.05) is 0 Å². The maximum Gasteiger partial charge on any atom is 0.405 e. The maximum absolute atomic E-state index is 12.3. The predicted molar refractivity (Wildman–Crippen MR) is 56.4 cm³/mol. The molecular formula is C9H15F3N4. The quantitative estimate of drug-likeness (QED) is 0.870. The van der Waals surface area contributed by atoms with Crippen molar-refractivity contribution < 1.29 is 13.2 Å². The third kappa shape index (κ3) is 2.59. The number of hydrogen-bond acceptors (Lipinski definition) is 3. The normalized spacial score (nSPS) is 11.9. The van der Waals surface area contributed by atoms with Crippen LogP contribution in [-0.4, -0.2) is 29.5 Å². The Morgan fingerprint density at radius 3 is 2.44 bits per heavy atom. The zero-order valence-corrected chi connectivity index (χ0v) is 9.47. The van der Waals surface area contributed by atoms with Gasteiger partial charge in [0.15, 0.2) is 5.82 Å². The second-order valence-electron chi connectivity index (χ2n) is 3.61. The Balaban J connectivity index is 3.02. The number of rotatable bonds is 3. The molecule has 0 saturated heterocycles. The molecule has 0 aliphatic rings. The molecule has 1 rings (SSSR count). The minimum absolute atomic E-state index is 0.300. The zero-order chi connectivity index (χ0) is 12.5. The van der Waals surface area contributed by atoms with Crippen molar-refractivity contribution >= 4 is 11.5 Å². The van der Waals surface area contributed by atoms with E-state index >= 15 is 0 Å². The van der Waals surface area contributed by atoms with Crippen LogP contribution in [0, 0.1) is 6.92 Å². The van der Waals surface area contributed by atoms with Crippen LogP contribution in [0.15, 0.2) is 0 Å². The monoisotopic (exact) mass is 236 g/mol. The van der Waals surface area contributed by atoms with E-state index in [-0.39, 0.29) is 0 Å². The summed E-state index contributed by atoms with van der Waals surface area (Å²) in [6, 6.07) is 0. The number of nitrogen functional groups attached to an aromatic ring is 1. The summed E-state index contributed by atoms with van der Waals surface area (Å²) in [4.78, 5) is 1.07. The van der Waals surface area contributed by atoms with Crippen LogP contribution in [0.25, 0.3) is 0 Å². The number of alkyl halides is 3. The molecule has 0 aromatic carbocycles. The van der Waals surface area contributed by atoms with E-state index < -0.39 is 12.7 Å². The maximum atomic E-state index is 12.3. The van der Waals surface area contributed by atoms with Gasteiger partial charge in [0.05, 0.1) is 11.4 Å². The topological polar surface area (TPSA) is 47.1 Å². The molecule has 0 atom stereocenters. The van der Waals surface area contributed by atoms with Crippen LogP contribution in [0.2, 0.25) is 0 Å². The van der Waals surface area contributed by atoms with Crippen LogP contribution in [0.3, 0.4) is 0 Å². The zero-order valence-electron chi connectivity index (χ0n) is 9.47. The van der Waals surface area contributed by atoms with Gasteiger partial charge in [0.25, 0.3) is 0 Å². The largest absolute Gasteiger partial charge is 0.405 e. The Labute approximate surface area is 91.8 Å². The highest BCUT2D eigenvalue weighted by molar-refractivity contribution is 5.65. The second kappa shape index (κ2) is 4.23. The molecule has 0 radical (unpaired) electrons. The molecule has 2 N–H and O–H groups in total. The minimum Gasteiger partial charge on any atom is -0.394 e. The van der Waals surface area contributed by atoms with Crippen LogP contribution >= 0.6 is 0 Å². The first-order chi connectivity index (χ1) is 7.26. The van der Waals surface area contributed by atoms with Gasteiger partial charge in [-0.05, 0) is 13.8 Å². The Morgan fingerprint density at radius 2 is 2.00 bits per heavy atom. The summed E-state index contributed by atoms with van der Waals surface area (Å²) in [5, 5.41) is 4.06. The van der Waals surface area contributed by atoms with E-state index in [1.807, 2.05) is 0 Å². The fourth-order valence-corrected chi connectivity index (χ4v) is 1.55. The lowest BCUT2D eigenvalue weighted by Crippen LogP contribution is -2.32. The number of anilines is 2. The SMILES string of the molecule is CCn1nc(C)c(N)c1N(C)CC(F)(F)F. The van der Waals surface area contributed by atoms with Crippen molar-refractivity contribution in [3.05, 3.63) is 5.69 Å². The van der Waals surface area contributed by atoms with Gasteiger partial charge in [0.1, 0.15) is 6.54 Å². The van der Waals surface area contributed by atoms with Crippen LogP contribution < -0.4 is 10.6 Å². The van der Waals surface area contributed by atoms with E-state index in [4.69, 9.17) is 5.73 Å². The van der Waals surface area contributed by atoms with Crippen molar-refractivity contribution in [2.24, 2.45) is 0 Å². The number of halogens is 3. The van der Waals surface area contributed by atoms with E-state index in [2.05, 4.69) is 5.10 Å². The van der Waals surface area contributed by atoms with Gasteiger partial charge >= 0.3 is 6.18 Å². The summed E-state index contributed by atoms with van der Waals surface area (Å²) in [6.07, 6.45) is -4.25. The van der Waals surface area contributed by atoms with Crippen LogP contribution in [0.5, 0.6) is 0 Å². The summed E-state index contributed by atoms with van der Waals surface area (Å²) in [6.45, 7) is 2.92. The van der Waals surface area contributed by atoms with Crippen LogP contribution in [0.1, 0.15) is 12.6 Å². The van der Waals surface area contributed by atoms with Crippen molar-refractivity contribution in [2.75, 3.05) is 24.2 Å². The molecule has 1 aromatic heterocycles. The van der Waals surface area contributed by atoms with Crippen LogP contribution in [-0.2, 0) is 6.54 Å². The number of aryl methyl sites for hydroxylation is 2. The third-order valence-corrected chi connectivity index (χ3v) is 2.22. The molecule has 4 nitrogen and oxygen atoms in total. The molecule has 0 aliphatic carbocycles. The van der Waals surface area contributed by atoms with Crippen molar-refractivity contribution in [1.29, 1.82) is 0 Å². The molecule has 7 heteroatoms. The molecule has 1 aromatic rings. The van der Waals surface area contributed by atoms with Gasteiger partial charge in [0, 0.05) is 13.6 Å². The highest BCUT2D eigenvalue weighted by Crippen LogP contribution is 2.28. The lowest BCUT2D eigenvalue weighted by molar-refractivity contribution is -0.119. The lowest BCUT2D eigenvalue weighted by atomic mass is 10.3. The Kier molecular flexibility index (Phi) is 3.35. The van der Waals surface area contributed by atoms with Gasteiger partial charge in [-0.2, -0.15) is 18.3 Å². The van der Waals surface area contributed by atoms with E-state index in [1.165, 1.54) is 11.7 Å². The highest BCUT2D eigenvalue weighted by Gasteiger charge is 2.31. The molecule has 0 saturated carbocycles. The van der Waals surface area contributed by atoms with E-state index in [9.17, 15) is 13.2 Å². The molecule has 0 fully saturated rings. The fraction of sp³-hybridized carbons (Fsp3) is 0.667. The molecule has 92 valence electrons. The van der Waals surface area contributed by atoms with E-state index in [0.29, 0.717) is 23.7 Å². The average Bonchev–Trinajstić information content (AvgIpc) is 2.40. The standard InChI is InChI=1S/C9H15F3N4/c1-4-16-8(7(13)6(2)14-16)15(3)5-9(10,11)12/h4-5,13H2,1-3H3. The summed E-state index contributed by atoms with van der Waals surface area (Å²) >= 11 is 0. The minimum atomic E-state index is -4.25. The number of aromatic nitrogens is 2. The third-order valence-electron chi connectivity index (χ3n) is 2.22. The molecule has 16 heavy (non-hydrogen) atoms. The predicted octanol–water partition coefficient (Wildman–Crippen LogP) is 1.79. The molecule has 0 unspecified atom stereocenters. The second-order valence-corrected chi connectivity index (χ2v) is 3.61. The summed E-state index contributed by atoms with van der Waals surface area (Å²) < 4.78 is 38.2. The van der Waals surface area contributed by atoms with Gasteiger partial charge in [-0.3, -0.25) is 0 Å². The molecule has 1 heterocycles. The number of nitrogens with zero attached hydrogens (tertiary/aromatic N) is 3. The van der Waals surface area contributed by atoms with E-state index in [0.717, 1.165) is 4.90 Å². The van der Waals surface area contributed by atoms with Crippen LogP contribution in [0.4, 0.5) is 24.7 Å². The molecule has 0 bridgehead atoms. The molecule has 0 aliphatic heterocycles. The Morgan fingerprint density at radius 1 is 1.44 bits per heavy atom. The first-order valence-corrected chi connectivity index (χ1v) is 4.87. The smallest absolute Gasteiger partial charge is 0.394 e. The molecule has 0 amide bonds. The highest BCUT2D eigenvalue weighted by atomic mass is 19.4.